The number of rotatable bonds is 2. The summed E-state index contributed by atoms with van der Waals surface area (Å²) in [5, 5.41) is 3.50. The number of hydrogen-bond acceptors (Lipinski definition) is 5. The van der Waals surface area contributed by atoms with Gasteiger partial charge >= 0.3 is 0 Å². The molecule has 0 bridgehead atoms. The van der Waals surface area contributed by atoms with Crippen LogP contribution in [0.2, 0.25) is 0 Å². The predicted octanol–water partition coefficient (Wildman–Crippen LogP) is -0.190. The normalized spacial score (nSPS) is 36.1. The Morgan fingerprint density at radius 1 is 1.50 bits per heavy atom. The van der Waals surface area contributed by atoms with Crippen molar-refractivity contribution in [3.05, 3.63) is 0 Å². The van der Waals surface area contributed by atoms with Gasteiger partial charge in [0, 0.05) is 43.2 Å². The lowest BCUT2D eigenvalue weighted by Crippen LogP contribution is -2.53. The van der Waals surface area contributed by atoms with E-state index in [-0.39, 0.29) is 6.04 Å². The first-order chi connectivity index (χ1) is 7.57. The molecule has 0 aromatic rings. The van der Waals surface area contributed by atoms with E-state index in [1.165, 1.54) is 5.75 Å². The van der Waals surface area contributed by atoms with Gasteiger partial charge in [0.1, 0.15) is 0 Å². The zero-order valence-corrected chi connectivity index (χ0v) is 11.3. The van der Waals surface area contributed by atoms with Crippen LogP contribution in [-0.4, -0.2) is 68.0 Å². The van der Waals surface area contributed by atoms with Crippen molar-refractivity contribution in [2.75, 3.05) is 42.6 Å². The van der Waals surface area contributed by atoms with E-state index < -0.39 is 9.84 Å². The van der Waals surface area contributed by atoms with Crippen molar-refractivity contribution in [2.45, 2.75) is 19.0 Å². The molecule has 6 heteroatoms. The van der Waals surface area contributed by atoms with Crippen LogP contribution in [0.15, 0.2) is 0 Å². The van der Waals surface area contributed by atoms with Crippen molar-refractivity contribution < 1.29 is 8.42 Å². The molecule has 16 heavy (non-hydrogen) atoms. The van der Waals surface area contributed by atoms with E-state index in [1.54, 1.807) is 0 Å². The molecule has 0 radical (unpaired) electrons. The van der Waals surface area contributed by atoms with Crippen molar-refractivity contribution in [1.29, 1.82) is 0 Å². The van der Waals surface area contributed by atoms with E-state index in [0.717, 1.165) is 18.8 Å². The fourth-order valence-corrected chi connectivity index (χ4v) is 4.89. The van der Waals surface area contributed by atoms with Crippen molar-refractivity contribution in [3.63, 3.8) is 0 Å². The molecular formula is C10H20N2O2S2. The van der Waals surface area contributed by atoms with Crippen molar-refractivity contribution in [2.24, 2.45) is 0 Å². The van der Waals surface area contributed by atoms with Crippen molar-refractivity contribution in [3.8, 4) is 0 Å². The lowest BCUT2D eigenvalue weighted by atomic mass is 10.2. The minimum atomic E-state index is -2.77. The van der Waals surface area contributed by atoms with Gasteiger partial charge in [-0.05, 0) is 6.92 Å². The van der Waals surface area contributed by atoms with Crippen LogP contribution in [0.25, 0.3) is 0 Å². The van der Waals surface area contributed by atoms with Crippen LogP contribution >= 0.6 is 11.8 Å². The molecule has 2 rings (SSSR count). The molecule has 2 unspecified atom stereocenters. The van der Waals surface area contributed by atoms with E-state index in [1.807, 2.05) is 18.7 Å². The molecule has 2 fully saturated rings. The highest BCUT2D eigenvalue weighted by molar-refractivity contribution is 7.99. The van der Waals surface area contributed by atoms with Gasteiger partial charge in [-0.1, -0.05) is 0 Å². The van der Waals surface area contributed by atoms with Crippen molar-refractivity contribution in [1.82, 2.24) is 10.2 Å². The van der Waals surface area contributed by atoms with Gasteiger partial charge in [-0.3, -0.25) is 4.90 Å². The molecule has 94 valence electrons. The van der Waals surface area contributed by atoms with Crippen LogP contribution in [0.3, 0.4) is 0 Å². The minimum Gasteiger partial charge on any atom is -0.311 e. The Balaban J connectivity index is 1.86. The molecule has 2 atom stereocenters. The Kier molecular flexibility index (Phi) is 4.15. The van der Waals surface area contributed by atoms with E-state index in [4.69, 9.17) is 0 Å². The summed E-state index contributed by atoms with van der Waals surface area (Å²) in [4.78, 5) is 2.31. The molecular weight excluding hydrogens is 244 g/mol. The van der Waals surface area contributed by atoms with E-state index in [9.17, 15) is 8.42 Å². The number of nitrogens with one attached hydrogen (secondary N) is 1. The Hall–Kier alpha value is 0.220. The summed E-state index contributed by atoms with van der Waals surface area (Å²) in [5.74, 6) is 3.00. The van der Waals surface area contributed by atoms with E-state index >= 15 is 0 Å². The van der Waals surface area contributed by atoms with Crippen LogP contribution in [0, 0.1) is 0 Å². The maximum atomic E-state index is 11.5. The quantitative estimate of drug-likeness (QED) is 0.749. The molecule has 0 aromatic heterocycles. The Morgan fingerprint density at radius 2 is 2.31 bits per heavy atom. The monoisotopic (exact) mass is 264 g/mol. The predicted molar refractivity (Wildman–Crippen MR) is 68.8 cm³/mol. The minimum absolute atomic E-state index is 0.174. The lowest BCUT2D eigenvalue weighted by molar-refractivity contribution is 0.207. The van der Waals surface area contributed by atoms with Gasteiger partial charge in [-0.15, -0.1) is 0 Å². The molecule has 0 aromatic carbocycles. The third-order valence-corrected chi connectivity index (χ3v) is 6.19. The summed E-state index contributed by atoms with van der Waals surface area (Å²) in [6.07, 6.45) is 0. The molecule has 0 amide bonds. The van der Waals surface area contributed by atoms with Crippen LogP contribution in [0.1, 0.15) is 6.92 Å². The molecule has 2 saturated heterocycles. The third kappa shape index (κ3) is 3.35. The van der Waals surface area contributed by atoms with Gasteiger partial charge in [0.25, 0.3) is 0 Å². The fraction of sp³-hybridized carbons (Fsp3) is 1.00. The average molecular weight is 264 g/mol. The molecule has 4 nitrogen and oxygen atoms in total. The summed E-state index contributed by atoms with van der Waals surface area (Å²) in [7, 11) is -2.77. The first-order valence-corrected chi connectivity index (χ1v) is 8.80. The molecule has 2 aliphatic rings. The van der Waals surface area contributed by atoms with Crippen LogP contribution in [-0.2, 0) is 9.84 Å². The number of hydrogen-bond donors (Lipinski definition) is 1. The zero-order valence-electron chi connectivity index (χ0n) is 9.68. The third-order valence-electron chi connectivity index (χ3n) is 3.26. The molecule has 2 aliphatic heterocycles. The topological polar surface area (TPSA) is 49.4 Å². The SMILES string of the molecule is CC1CS(=O)(=O)CCN1CC1CSCCN1. The summed E-state index contributed by atoms with van der Waals surface area (Å²) in [5.41, 5.74) is 0. The summed E-state index contributed by atoms with van der Waals surface area (Å²) < 4.78 is 22.9. The maximum absolute atomic E-state index is 11.5. The first-order valence-electron chi connectivity index (χ1n) is 5.82. The molecule has 0 saturated carbocycles. The van der Waals surface area contributed by atoms with Gasteiger partial charge in [-0.25, -0.2) is 8.42 Å². The zero-order chi connectivity index (χ0) is 11.6. The second-order valence-electron chi connectivity index (χ2n) is 4.68. The Labute approximate surface area is 102 Å². The summed E-state index contributed by atoms with van der Waals surface area (Å²) >= 11 is 1.99. The largest absolute Gasteiger partial charge is 0.311 e. The van der Waals surface area contributed by atoms with Gasteiger partial charge < -0.3 is 5.32 Å². The number of thioether (sulfide) groups is 1. The maximum Gasteiger partial charge on any atom is 0.153 e. The van der Waals surface area contributed by atoms with Crippen LogP contribution in [0.5, 0.6) is 0 Å². The summed E-state index contributed by atoms with van der Waals surface area (Å²) in [6.45, 7) is 4.79. The fourth-order valence-electron chi connectivity index (χ4n) is 2.32. The Morgan fingerprint density at radius 3 is 2.94 bits per heavy atom. The highest BCUT2D eigenvalue weighted by Crippen LogP contribution is 2.14. The number of sulfone groups is 1. The van der Waals surface area contributed by atoms with Crippen molar-refractivity contribution >= 4 is 21.6 Å². The smallest absolute Gasteiger partial charge is 0.153 e. The highest BCUT2D eigenvalue weighted by atomic mass is 32.2. The average Bonchev–Trinajstić information content (AvgIpc) is 2.23. The van der Waals surface area contributed by atoms with Gasteiger partial charge in [-0.2, -0.15) is 11.8 Å². The van der Waals surface area contributed by atoms with E-state index in [0.29, 0.717) is 24.1 Å². The standard InChI is InChI=1S/C10H20N2O2S2/c1-9-8-16(13,14)5-3-12(9)6-10-7-15-4-2-11-10/h9-11H,2-8H2,1H3. The second-order valence-corrected chi connectivity index (χ2v) is 8.06. The molecule has 0 aliphatic carbocycles. The van der Waals surface area contributed by atoms with Gasteiger partial charge in [0.05, 0.1) is 11.5 Å². The summed E-state index contributed by atoms with van der Waals surface area (Å²) in [6, 6.07) is 0.703. The van der Waals surface area contributed by atoms with Crippen LogP contribution < -0.4 is 5.32 Å². The van der Waals surface area contributed by atoms with Gasteiger partial charge in [0.2, 0.25) is 0 Å². The van der Waals surface area contributed by atoms with Gasteiger partial charge in [0.15, 0.2) is 9.84 Å². The molecule has 1 N–H and O–H groups in total. The lowest BCUT2D eigenvalue weighted by Gasteiger charge is -2.36. The first kappa shape index (κ1) is 12.7. The molecule has 0 spiro atoms. The number of nitrogens with zero attached hydrogens (tertiary/aromatic N) is 1. The van der Waals surface area contributed by atoms with E-state index in [2.05, 4.69) is 10.2 Å². The Bertz CT molecular complexity index is 326. The molecule has 2 heterocycles. The highest BCUT2D eigenvalue weighted by Gasteiger charge is 2.29. The second kappa shape index (κ2) is 5.25. The van der Waals surface area contributed by atoms with Crippen LogP contribution in [0.4, 0.5) is 0 Å².